The van der Waals surface area contributed by atoms with Gasteiger partial charge in [-0.05, 0) is 31.2 Å². The average Bonchev–Trinajstić information content (AvgIpc) is 3.26. The number of para-hydroxylation sites is 1. The molecule has 1 unspecified atom stereocenters. The fourth-order valence-corrected chi connectivity index (χ4v) is 3.77. The Bertz CT molecular complexity index is 697. The van der Waals surface area contributed by atoms with Crippen LogP contribution >= 0.6 is 0 Å². The van der Waals surface area contributed by atoms with Gasteiger partial charge in [0.15, 0.2) is 0 Å². The van der Waals surface area contributed by atoms with Crippen molar-refractivity contribution in [3.8, 4) is 0 Å². The number of ether oxygens (including phenoxy) is 1. The second-order valence-corrected chi connectivity index (χ2v) is 6.92. The summed E-state index contributed by atoms with van der Waals surface area (Å²) in [6.07, 6.45) is 4.77. The molecule has 2 aliphatic rings. The molecule has 1 aromatic heterocycles. The topological polar surface area (TPSA) is 54.7 Å². The molecule has 0 radical (unpaired) electrons. The predicted molar refractivity (Wildman–Crippen MR) is 92.1 cm³/mol. The molecule has 5 nitrogen and oxygen atoms in total. The fraction of sp³-hybridized carbons (Fsp3) is 0.526. The van der Waals surface area contributed by atoms with Crippen molar-refractivity contribution in [3.63, 3.8) is 0 Å². The number of nitrogens with zero attached hydrogens (tertiary/aromatic N) is 1. The summed E-state index contributed by atoms with van der Waals surface area (Å²) in [6.45, 7) is 5.05. The van der Waals surface area contributed by atoms with E-state index in [0.717, 1.165) is 56.7 Å². The first-order valence-electron chi connectivity index (χ1n) is 8.87. The highest BCUT2D eigenvalue weighted by Crippen LogP contribution is 2.22. The number of rotatable bonds is 4. The van der Waals surface area contributed by atoms with Crippen molar-refractivity contribution in [2.24, 2.45) is 5.92 Å². The number of furan rings is 1. The first-order valence-corrected chi connectivity index (χ1v) is 8.87. The summed E-state index contributed by atoms with van der Waals surface area (Å²) >= 11 is 0. The minimum absolute atomic E-state index is 0.0254. The molecule has 2 fully saturated rings. The summed E-state index contributed by atoms with van der Waals surface area (Å²) in [5, 5.41) is 4.06. The van der Waals surface area contributed by atoms with E-state index in [1.54, 1.807) is 6.26 Å². The van der Waals surface area contributed by atoms with Crippen LogP contribution in [-0.4, -0.2) is 49.7 Å². The molecule has 1 aromatic carbocycles. The van der Waals surface area contributed by atoms with Gasteiger partial charge in [-0.3, -0.25) is 4.79 Å². The molecule has 128 valence electrons. The molecule has 0 aliphatic carbocycles. The average molecular weight is 328 g/mol. The number of amides is 1. The van der Waals surface area contributed by atoms with Crippen LogP contribution in [0.2, 0.25) is 0 Å². The normalized spacial score (nSPS) is 22.9. The van der Waals surface area contributed by atoms with Gasteiger partial charge < -0.3 is 19.4 Å². The summed E-state index contributed by atoms with van der Waals surface area (Å²) in [6, 6.07) is 7.91. The van der Waals surface area contributed by atoms with Gasteiger partial charge in [0.2, 0.25) is 0 Å². The van der Waals surface area contributed by atoms with Crippen molar-refractivity contribution in [1.29, 1.82) is 0 Å². The number of carbonyl (C=O) groups excluding carboxylic acids is 1. The molecule has 2 aromatic rings. The van der Waals surface area contributed by atoms with Crippen LogP contribution in [0.15, 0.2) is 34.9 Å². The van der Waals surface area contributed by atoms with E-state index < -0.39 is 0 Å². The maximum Gasteiger partial charge on any atom is 0.255 e. The van der Waals surface area contributed by atoms with Crippen molar-refractivity contribution >= 4 is 16.9 Å². The number of piperidine rings is 1. The Balaban J connectivity index is 1.31. The first kappa shape index (κ1) is 15.7. The highest BCUT2D eigenvalue weighted by Gasteiger charge is 2.25. The highest BCUT2D eigenvalue weighted by atomic mass is 16.5. The number of nitrogens with one attached hydrogen (secondary N) is 1. The molecule has 1 atom stereocenters. The maximum absolute atomic E-state index is 12.5. The third kappa shape index (κ3) is 3.32. The smallest absolute Gasteiger partial charge is 0.255 e. The summed E-state index contributed by atoms with van der Waals surface area (Å²) in [5.41, 5.74) is 1.40. The van der Waals surface area contributed by atoms with Crippen molar-refractivity contribution in [3.05, 3.63) is 36.1 Å². The molecule has 4 rings (SSSR count). The third-order valence-corrected chi connectivity index (χ3v) is 5.19. The van der Waals surface area contributed by atoms with Gasteiger partial charge in [-0.15, -0.1) is 0 Å². The largest absolute Gasteiger partial charge is 0.463 e. The Morgan fingerprint density at radius 3 is 2.83 bits per heavy atom. The summed E-state index contributed by atoms with van der Waals surface area (Å²) in [7, 11) is 0. The SMILES string of the molecule is O=C(NC1CCN(CC2CCOC2)CC1)c1coc2ccccc12. The van der Waals surface area contributed by atoms with E-state index in [1.807, 2.05) is 24.3 Å². The molecule has 0 bridgehead atoms. The van der Waals surface area contributed by atoms with Crippen LogP contribution in [-0.2, 0) is 4.74 Å². The third-order valence-electron chi connectivity index (χ3n) is 5.19. The second kappa shape index (κ2) is 6.95. The Morgan fingerprint density at radius 1 is 1.21 bits per heavy atom. The molecule has 1 amide bonds. The number of hydrogen-bond donors (Lipinski definition) is 1. The molecule has 2 saturated heterocycles. The lowest BCUT2D eigenvalue weighted by atomic mass is 10.0. The molecule has 1 N–H and O–H groups in total. The van der Waals surface area contributed by atoms with Crippen LogP contribution < -0.4 is 5.32 Å². The standard InChI is InChI=1S/C19H24N2O3/c22-19(17-13-24-18-4-2-1-3-16(17)18)20-15-5-8-21(9-6-15)11-14-7-10-23-12-14/h1-4,13-15H,5-12H2,(H,20,22). The fourth-order valence-electron chi connectivity index (χ4n) is 3.77. The number of hydrogen-bond acceptors (Lipinski definition) is 4. The van der Waals surface area contributed by atoms with E-state index in [4.69, 9.17) is 9.15 Å². The quantitative estimate of drug-likeness (QED) is 0.937. The van der Waals surface area contributed by atoms with Gasteiger partial charge >= 0.3 is 0 Å². The van der Waals surface area contributed by atoms with Gasteiger partial charge in [-0.25, -0.2) is 0 Å². The van der Waals surface area contributed by atoms with Crippen molar-refractivity contribution < 1.29 is 13.9 Å². The van der Waals surface area contributed by atoms with E-state index in [9.17, 15) is 4.79 Å². The Morgan fingerprint density at radius 2 is 2.04 bits per heavy atom. The highest BCUT2D eigenvalue weighted by molar-refractivity contribution is 6.05. The molecule has 5 heteroatoms. The number of benzene rings is 1. The predicted octanol–water partition coefficient (Wildman–Crippen LogP) is 2.66. The van der Waals surface area contributed by atoms with Gasteiger partial charge in [0, 0.05) is 37.7 Å². The molecule has 0 saturated carbocycles. The number of fused-ring (bicyclic) bond motifs is 1. The lowest BCUT2D eigenvalue weighted by Gasteiger charge is -2.33. The molecule has 24 heavy (non-hydrogen) atoms. The van der Waals surface area contributed by atoms with Crippen LogP contribution in [0.4, 0.5) is 0 Å². The summed E-state index contributed by atoms with van der Waals surface area (Å²) < 4.78 is 10.9. The summed E-state index contributed by atoms with van der Waals surface area (Å²) in [4.78, 5) is 15.1. The molecule has 2 aliphatic heterocycles. The van der Waals surface area contributed by atoms with Gasteiger partial charge in [-0.2, -0.15) is 0 Å². The minimum Gasteiger partial charge on any atom is -0.463 e. The number of likely N-dealkylation sites (tertiary alicyclic amines) is 1. The zero-order valence-electron chi connectivity index (χ0n) is 13.9. The van der Waals surface area contributed by atoms with Gasteiger partial charge in [-0.1, -0.05) is 18.2 Å². The summed E-state index contributed by atoms with van der Waals surface area (Å²) in [5.74, 6) is 0.663. The van der Waals surface area contributed by atoms with Crippen LogP contribution in [0.5, 0.6) is 0 Å². The van der Waals surface area contributed by atoms with Crippen molar-refractivity contribution in [1.82, 2.24) is 10.2 Å². The molecule has 0 spiro atoms. The van der Waals surface area contributed by atoms with E-state index in [-0.39, 0.29) is 11.9 Å². The Labute approximate surface area is 141 Å². The van der Waals surface area contributed by atoms with E-state index in [1.165, 1.54) is 6.42 Å². The van der Waals surface area contributed by atoms with Crippen LogP contribution in [0.3, 0.4) is 0 Å². The molecule has 3 heterocycles. The van der Waals surface area contributed by atoms with Crippen molar-refractivity contribution in [2.75, 3.05) is 32.8 Å². The monoisotopic (exact) mass is 328 g/mol. The Hall–Kier alpha value is -1.85. The van der Waals surface area contributed by atoms with Crippen LogP contribution in [0.25, 0.3) is 11.0 Å². The van der Waals surface area contributed by atoms with Crippen LogP contribution in [0, 0.1) is 5.92 Å². The zero-order valence-corrected chi connectivity index (χ0v) is 13.9. The second-order valence-electron chi connectivity index (χ2n) is 6.92. The van der Waals surface area contributed by atoms with Gasteiger partial charge in [0.05, 0.1) is 12.2 Å². The van der Waals surface area contributed by atoms with E-state index >= 15 is 0 Å². The molecular weight excluding hydrogens is 304 g/mol. The Kier molecular flexibility index (Phi) is 4.54. The van der Waals surface area contributed by atoms with E-state index in [2.05, 4.69) is 10.2 Å². The van der Waals surface area contributed by atoms with E-state index in [0.29, 0.717) is 11.5 Å². The van der Waals surface area contributed by atoms with Gasteiger partial charge in [0.1, 0.15) is 11.8 Å². The maximum atomic E-state index is 12.5. The lowest BCUT2D eigenvalue weighted by molar-refractivity contribution is 0.0904. The van der Waals surface area contributed by atoms with Crippen LogP contribution in [0.1, 0.15) is 29.6 Å². The lowest BCUT2D eigenvalue weighted by Crippen LogP contribution is -2.45. The zero-order chi connectivity index (χ0) is 16.4. The van der Waals surface area contributed by atoms with Gasteiger partial charge in [0.25, 0.3) is 5.91 Å². The van der Waals surface area contributed by atoms with Crippen molar-refractivity contribution in [2.45, 2.75) is 25.3 Å². The first-order chi connectivity index (χ1) is 11.8. The minimum atomic E-state index is -0.0254. The molecular formula is C19H24N2O3. The number of carbonyl (C=O) groups is 1.